The first-order valence-corrected chi connectivity index (χ1v) is 6.75. The Kier molecular flexibility index (Phi) is 3.61. The van der Waals surface area contributed by atoms with Crippen LogP contribution in [0.3, 0.4) is 0 Å². The third-order valence-electron chi connectivity index (χ3n) is 2.79. The maximum Gasteiger partial charge on any atom is 0.349 e. The number of rotatable bonds is 4. The summed E-state index contributed by atoms with van der Waals surface area (Å²) in [7, 11) is -1.41. The summed E-state index contributed by atoms with van der Waals surface area (Å²) in [6, 6.07) is 5.41. The van der Waals surface area contributed by atoms with Crippen LogP contribution in [0.25, 0.3) is 11.0 Å². The molecule has 1 aromatic heterocycles. The second-order valence-electron chi connectivity index (χ2n) is 3.80. The lowest BCUT2D eigenvalue weighted by Crippen LogP contribution is -2.10. The van der Waals surface area contributed by atoms with E-state index in [0.717, 1.165) is 5.52 Å². The quantitative estimate of drug-likeness (QED) is 0.667. The van der Waals surface area contributed by atoms with E-state index in [1.165, 1.54) is 7.11 Å². The van der Waals surface area contributed by atoms with Crippen molar-refractivity contribution in [1.29, 1.82) is 0 Å². The molecule has 0 saturated carbocycles. The molecular formula is C11H14N3O3P. The summed E-state index contributed by atoms with van der Waals surface area (Å²) in [6.07, 6.45) is 0. The van der Waals surface area contributed by atoms with E-state index in [-0.39, 0.29) is 0 Å². The lowest BCUT2D eigenvalue weighted by molar-refractivity contribution is -0.173. The molecule has 0 spiro atoms. The number of aryl methyl sites for hydroxylation is 1. The first-order chi connectivity index (χ1) is 8.60. The molecule has 2 rings (SSSR count). The van der Waals surface area contributed by atoms with Crippen LogP contribution in [0.1, 0.15) is 18.6 Å². The van der Waals surface area contributed by atoms with Crippen molar-refractivity contribution >= 4 is 24.7 Å². The topological polar surface area (TPSA) is 93.2 Å². The van der Waals surface area contributed by atoms with Gasteiger partial charge < -0.3 is 19.9 Å². The Morgan fingerprint density at radius 3 is 2.89 bits per heavy atom. The Bertz CT molecular complexity index is 596. The van der Waals surface area contributed by atoms with E-state index in [9.17, 15) is 9.46 Å². The van der Waals surface area contributed by atoms with Gasteiger partial charge in [0.25, 0.3) is 0 Å². The Labute approximate surface area is 105 Å². The van der Waals surface area contributed by atoms with Crippen molar-refractivity contribution < 1.29 is 14.2 Å². The molecule has 6 nitrogen and oxygen atoms in total. The Balaban J connectivity index is 2.71. The molecule has 18 heavy (non-hydrogen) atoms. The van der Waals surface area contributed by atoms with E-state index in [4.69, 9.17) is 10.5 Å². The van der Waals surface area contributed by atoms with E-state index in [2.05, 4.69) is 4.98 Å². The lowest BCUT2D eigenvalue weighted by Gasteiger charge is -2.09. The summed E-state index contributed by atoms with van der Waals surface area (Å²) in [5.74, 6) is -0.684. The van der Waals surface area contributed by atoms with Crippen molar-refractivity contribution in [3.05, 3.63) is 24.0 Å². The van der Waals surface area contributed by atoms with Crippen LogP contribution in [0.4, 0.5) is 5.69 Å². The molecule has 0 saturated heterocycles. The number of hydrogen-bond donors (Lipinski definition) is 1. The van der Waals surface area contributed by atoms with Gasteiger partial charge in [-0.15, -0.1) is 0 Å². The normalized spacial score (nSPS) is 13.8. The van der Waals surface area contributed by atoms with Gasteiger partial charge in [0.15, 0.2) is 5.82 Å². The van der Waals surface area contributed by atoms with Gasteiger partial charge in [-0.2, -0.15) is 0 Å². The number of aromatic nitrogens is 2. The summed E-state index contributed by atoms with van der Waals surface area (Å²) >= 11 is 0. The minimum Gasteiger partial charge on any atom is -0.593 e. The Morgan fingerprint density at radius 1 is 1.61 bits per heavy atom. The SMILES string of the molecule is CCn1c(C(OC)[P+](=O)[O-])nc2c(N)cccc21. The number of anilines is 1. The molecule has 0 fully saturated rings. The average molecular weight is 267 g/mol. The van der Waals surface area contributed by atoms with Crippen molar-refractivity contribution in [2.75, 3.05) is 12.8 Å². The van der Waals surface area contributed by atoms with Gasteiger partial charge in [-0.05, 0) is 19.1 Å². The molecule has 7 heteroatoms. The van der Waals surface area contributed by atoms with E-state index < -0.39 is 13.9 Å². The van der Waals surface area contributed by atoms with Crippen LogP contribution >= 0.6 is 8.03 Å². The maximum absolute atomic E-state index is 11.2. The molecule has 0 radical (unpaired) electrons. The highest BCUT2D eigenvalue weighted by molar-refractivity contribution is 7.36. The highest BCUT2D eigenvalue weighted by atomic mass is 31.1. The zero-order chi connectivity index (χ0) is 13.3. The third-order valence-corrected chi connectivity index (χ3v) is 3.62. The summed E-state index contributed by atoms with van der Waals surface area (Å²) in [5, 5.41) is 0. The zero-order valence-electron chi connectivity index (χ0n) is 10.2. The predicted molar refractivity (Wildman–Crippen MR) is 67.2 cm³/mol. The van der Waals surface area contributed by atoms with Gasteiger partial charge in [-0.3, -0.25) is 0 Å². The second-order valence-corrected chi connectivity index (χ2v) is 4.84. The van der Waals surface area contributed by atoms with Gasteiger partial charge in [0.05, 0.1) is 11.2 Å². The lowest BCUT2D eigenvalue weighted by atomic mass is 10.3. The van der Waals surface area contributed by atoms with Crippen LogP contribution in [0.2, 0.25) is 0 Å². The standard InChI is InChI=1S/C11H14N3O3P/c1-3-14-8-6-4-5-7(12)9(8)13-10(14)11(17-2)18(15)16/h4-6,11H,3,12H2,1-2H3. The fourth-order valence-corrected chi connectivity index (χ4v) is 2.55. The van der Waals surface area contributed by atoms with Crippen LogP contribution in [0.5, 0.6) is 0 Å². The number of nitrogens with zero attached hydrogens (tertiary/aromatic N) is 2. The summed E-state index contributed by atoms with van der Waals surface area (Å²) in [6.45, 7) is 2.51. The number of nitrogens with two attached hydrogens (primary N) is 1. The van der Waals surface area contributed by atoms with E-state index in [1.807, 2.05) is 19.1 Å². The molecule has 0 amide bonds. The first-order valence-electron chi connectivity index (χ1n) is 5.51. The number of fused-ring (bicyclic) bond motifs is 1. The zero-order valence-corrected chi connectivity index (χ0v) is 11.1. The van der Waals surface area contributed by atoms with Gasteiger partial charge in [0.1, 0.15) is 5.52 Å². The minimum atomic E-state index is -2.76. The largest absolute Gasteiger partial charge is 0.593 e. The molecule has 96 valence electrons. The fraction of sp³-hybridized carbons (Fsp3) is 0.364. The number of para-hydroxylation sites is 1. The third kappa shape index (κ3) is 1.99. The van der Waals surface area contributed by atoms with Crippen LogP contribution < -0.4 is 10.6 Å². The van der Waals surface area contributed by atoms with Crippen LogP contribution in [-0.4, -0.2) is 16.7 Å². The van der Waals surface area contributed by atoms with E-state index in [0.29, 0.717) is 23.6 Å². The fourth-order valence-electron chi connectivity index (χ4n) is 1.99. The van der Waals surface area contributed by atoms with Crippen LogP contribution in [0.15, 0.2) is 18.2 Å². The first kappa shape index (κ1) is 13.0. The molecule has 0 bridgehead atoms. The molecule has 2 N–H and O–H groups in total. The van der Waals surface area contributed by atoms with Crippen molar-refractivity contribution in [3.63, 3.8) is 0 Å². The highest BCUT2D eigenvalue weighted by Crippen LogP contribution is 2.36. The molecule has 2 unspecified atom stereocenters. The molecule has 1 aromatic carbocycles. The van der Waals surface area contributed by atoms with E-state index >= 15 is 0 Å². The van der Waals surface area contributed by atoms with Crippen molar-refractivity contribution in [2.45, 2.75) is 19.3 Å². The molecule has 1 heterocycles. The van der Waals surface area contributed by atoms with Crippen LogP contribution in [-0.2, 0) is 15.8 Å². The number of imidazole rings is 1. The number of ether oxygens (including phenoxy) is 1. The molecule has 0 aliphatic heterocycles. The highest BCUT2D eigenvalue weighted by Gasteiger charge is 2.30. The summed E-state index contributed by atoms with van der Waals surface area (Å²) in [4.78, 5) is 15.5. The number of methoxy groups -OCH3 is 1. The summed E-state index contributed by atoms with van der Waals surface area (Å²) in [5.41, 5.74) is 7.78. The monoisotopic (exact) mass is 267 g/mol. The van der Waals surface area contributed by atoms with Gasteiger partial charge in [-0.25, -0.2) is 4.98 Å². The van der Waals surface area contributed by atoms with Gasteiger partial charge in [0.2, 0.25) is 0 Å². The smallest absolute Gasteiger partial charge is 0.349 e. The predicted octanol–water partition coefficient (Wildman–Crippen LogP) is 1.39. The van der Waals surface area contributed by atoms with Gasteiger partial charge >= 0.3 is 13.9 Å². The van der Waals surface area contributed by atoms with Gasteiger partial charge in [-0.1, -0.05) is 10.6 Å². The molecule has 0 aliphatic rings. The van der Waals surface area contributed by atoms with Crippen molar-refractivity contribution in [3.8, 4) is 0 Å². The minimum absolute atomic E-state index is 0.365. The maximum atomic E-state index is 11.2. The van der Waals surface area contributed by atoms with Crippen molar-refractivity contribution in [1.82, 2.24) is 9.55 Å². The number of benzene rings is 1. The molecule has 0 aliphatic carbocycles. The average Bonchev–Trinajstić information content (AvgIpc) is 2.69. The molecule has 2 atom stereocenters. The van der Waals surface area contributed by atoms with Crippen molar-refractivity contribution in [2.24, 2.45) is 0 Å². The number of nitrogen functional groups attached to an aromatic ring is 1. The Morgan fingerprint density at radius 2 is 2.33 bits per heavy atom. The van der Waals surface area contributed by atoms with E-state index in [1.54, 1.807) is 10.6 Å². The second kappa shape index (κ2) is 5.02. The summed E-state index contributed by atoms with van der Waals surface area (Å²) < 4.78 is 18.0. The van der Waals surface area contributed by atoms with Gasteiger partial charge in [0, 0.05) is 13.7 Å². The number of hydrogen-bond acceptors (Lipinski definition) is 5. The molecule has 2 aromatic rings. The molecular weight excluding hydrogens is 253 g/mol. The van der Waals surface area contributed by atoms with Crippen LogP contribution in [0, 0.1) is 0 Å². The Hall–Kier alpha value is -1.49.